The first-order valence-electron chi connectivity index (χ1n) is 6.02. The van der Waals surface area contributed by atoms with Gasteiger partial charge in [0.25, 0.3) is 5.91 Å². The zero-order valence-corrected chi connectivity index (χ0v) is 9.46. The van der Waals surface area contributed by atoms with Crippen LogP contribution in [0.15, 0.2) is 18.2 Å². The zero-order chi connectivity index (χ0) is 11.2. The van der Waals surface area contributed by atoms with Gasteiger partial charge in [-0.25, -0.2) is 0 Å². The SMILES string of the molecule is O=C(NCC1CCCCC1)c1c[c][c]cc1. The second-order valence-corrected chi connectivity index (χ2v) is 4.44. The van der Waals surface area contributed by atoms with Crippen LogP contribution in [0.25, 0.3) is 0 Å². The fourth-order valence-corrected chi connectivity index (χ4v) is 2.22. The number of hydrogen-bond acceptors (Lipinski definition) is 1. The summed E-state index contributed by atoms with van der Waals surface area (Å²) in [7, 11) is 0. The molecule has 0 aromatic heterocycles. The Labute approximate surface area is 97.1 Å². The maximum atomic E-state index is 11.7. The normalized spacial score (nSPS) is 17.0. The van der Waals surface area contributed by atoms with Crippen LogP contribution in [0.1, 0.15) is 42.5 Å². The quantitative estimate of drug-likeness (QED) is 0.825. The number of benzene rings is 1. The number of carbonyl (C=O) groups excluding carboxylic acids is 1. The van der Waals surface area contributed by atoms with Gasteiger partial charge in [0.2, 0.25) is 0 Å². The molecule has 1 aromatic carbocycles. The van der Waals surface area contributed by atoms with Gasteiger partial charge in [0.1, 0.15) is 0 Å². The van der Waals surface area contributed by atoms with Gasteiger partial charge in [0, 0.05) is 12.1 Å². The molecule has 1 amide bonds. The Morgan fingerprint density at radius 3 is 2.81 bits per heavy atom. The van der Waals surface area contributed by atoms with Crippen molar-refractivity contribution in [1.82, 2.24) is 5.32 Å². The summed E-state index contributed by atoms with van der Waals surface area (Å²) in [5, 5.41) is 3.00. The van der Waals surface area contributed by atoms with E-state index in [1.54, 1.807) is 18.2 Å². The molecule has 1 saturated carbocycles. The van der Waals surface area contributed by atoms with Crippen molar-refractivity contribution in [2.45, 2.75) is 32.1 Å². The number of hydrogen-bond donors (Lipinski definition) is 1. The predicted molar refractivity (Wildman–Crippen MR) is 63.0 cm³/mol. The summed E-state index contributed by atoms with van der Waals surface area (Å²) in [6, 6.07) is 10.7. The topological polar surface area (TPSA) is 29.1 Å². The molecule has 0 spiro atoms. The smallest absolute Gasteiger partial charge is 0.251 e. The summed E-state index contributed by atoms with van der Waals surface area (Å²) in [5.74, 6) is 0.688. The molecule has 0 bridgehead atoms. The lowest BCUT2D eigenvalue weighted by molar-refractivity contribution is 0.0943. The molecule has 2 nitrogen and oxygen atoms in total. The lowest BCUT2D eigenvalue weighted by atomic mass is 9.89. The summed E-state index contributed by atoms with van der Waals surface area (Å²) in [4.78, 5) is 11.7. The van der Waals surface area contributed by atoms with Gasteiger partial charge < -0.3 is 5.32 Å². The highest BCUT2D eigenvalue weighted by molar-refractivity contribution is 5.93. The Morgan fingerprint density at radius 2 is 2.12 bits per heavy atom. The minimum atomic E-state index is 0.0100. The average Bonchev–Trinajstić information content (AvgIpc) is 2.38. The fraction of sp³-hybridized carbons (Fsp3) is 0.500. The third-order valence-corrected chi connectivity index (χ3v) is 3.20. The van der Waals surface area contributed by atoms with Gasteiger partial charge in [-0.15, -0.1) is 0 Å². The van der Waals surface area contributed by atoms with E-state index in [4.69, 9.17) is 0 Å². The van der Waals surface area contributed by atoms with Crippen LogP contribution in [-0.2, 0) is 0 Å². The van der Waals surface area contributed by atoms with Gasteiger partial charge in [-0.1, -0.05) is 25.3 Å². The van der Waals surface area contributed by atoms with Crippen LogP contribution in [0.2, 0.25) is 0 Å². The molecule has 1 N–H and O–H groups in total. The monoisotopic (exact) mass is 215 g/mol. The van der Waals surface area contributed by atoms with Gasteiger partial charge in [-0.2, -0.15) is 0 Å². The second-order valence-electron chi connectivity index (χ2n) is 4.44. The van der Waals surface area contributed by atoms with Gasteiger partial charge >= 0.3 is 0 Å². The number of amides is 1. The number of nitrogens with one attached hydrogen (secondary N) is 1. The standard InChI is InChI=1S/C14H17NO/c16-14(13-9-5-2-6-10-13)15-11-12-7-3-1-4-8-12/h5,9-10,12H,1,3-4,7-8,11H2,(H,15,16). The van der Waals surface area contributed by atoms with E-state index in [9.17, 15) is 4.79 Å². The highest BCUT2D eigenvalue weighted by atomic mass is 16.1. The summed E-state index contributed by atoms with van der Waals surface area (Å²) in [5.41, 5.74) is 0.676. The average molecular weight is 215 g/mol. The molecule has 1 aromatic rings. The van der Waals surface area contributed by atoms with Crippen LogP contribution in [0.4, 0.5) is 0 Å². The third-order valence-electron chi connectivity index (χ3n) is 3.20. The third kappa shape index (κ3) is 3.09. The molecule has 2 heteroatoms. The molecule has 0 saturated heterocycles. The van der Waals surface area contributed by atoms with E-state index in [0.29, 0.717) is 11.5 Å². The van der Waals surface area contributed by atoms with Crippen molar-refractivity contribution in [2.75, 3.05) is 6.54 Å². The van der Waals surface area contributed by atoms with E-state index in [-0.39, 0.29) is 5.91 Å². The maximum absolute atomic E-state index is 11.7. The Morgan fingerprint density at radius 1 is 1.31 bits per heavy atom. The minimum absolute atomic E-state index is 0.0100. The zero-order valence-electron chi connectivity index (χ0n) is 9.46. The lowest BCUT2D eigenvalue weighted by Crippen LogP contribution is -2.30. The van der Waals surface area contributed by atoms with Gasteiger partial charge in [0.05, 0.1) is 0 Å². The van der Waals surface area contributed by atoms with Crippen LogP contribution in [0.5, 0.6) is 0 Å². The van der Waals surface area contributed by atoms with Gasteiger partial charge in [-0.3, -0.25) is 4.79 Å². The first-order valence-corrected chi connectivity index (χ1v) is 6.02. The van der Waals surface area contributed by atoms with Crippen LogP contribution in [0, 0.1) is 18.1 Å². The van der Waals surface area contributed by atoms with Crippen molar-refractivity contribution in [3.63, 3.8) is 0 Å². The molecule has 0 aliphatic heterocycles. The van der Waals surface area contributed by atoms with E-state index < -0.39 is 0 Å². The molecular formula is C14H17NO. The highest BCUT2D eigenvalue weighted by Gasteiger charge is 2.14. The summed E-state index contributed by atoms with van der Waals surface area (Å²) in [6.45, 7) is 0.817. The maximum Gasteiger partial charge on any atom is 0.251 e. The van der Waals surface area contributed by atoms with Crippen LogP contribution >= 0.6 is 0 Å². The van der Waals surface area contributed by atoms with E-state index in [2.05, 4.69) is 17.4 Å². The number of carbonyl (C=O) groups is 1. The van der Waals surface area contributed by atoms with E-state index in [1.807, 2.05) is 0 Å². The molecule has 0 unspecified atom stereocenters. The van der Waals surface area contributed by atoms with Crippen LogP contribution in [0.3, 0.4) is 0 Å². The van der Waals surface area contributed by atoms with E-state index in [0.717, 1.165) is 6.54 Å². The minimum Gasteiger partial charge on any atom is -0.352 e. The molecule has 2 rings (SSSR count). The molecule has 84 valence electrons. The molecular weight excluding hydrogens is 198 g/mol. The second kappa shape index (κ2) is 5.69. The van der Waals surface area contributed by atoms with Crippen molar-refractivity contribution in [2.24, 2.45) is 5.92 Å². The van der Waals surface area contributed by atoms with Crippen molar-refractivity contribution in [3.8, 4) is 0 Å². The van der Waals surface area contributed by atoms with Crippen LogP contribution < -0.4 is 5.32 Å². The predicted octanol–water partition coefficient (Wildman–Crippen LogP) is 2.60. The largest absolute Gasteiger partial charge is 0.352 e. The van der Waals surface area contributed by atoms with E-state index in [1.165, 1.54) is 32.1 Å². The first-order chi connectivity index (χ1) is 7.86. The highest BCUT2D eigenvalue weighted by Crippen LogP contribution is 2.22. The molecule has 16 heavy (non-hydrogen) atoms. The molecule has 1 aliphatic rings. The van der Waals surface area contributed by atoms with Crippen molar-refractivity contribution >= 4 is 5.91 Å². The van der Waals surface area contributed by atoms with Gasteiger partial charge in [0.15, 0.2) is 0 Å². The molecule has 2 radical (unpaired) electrons. The Bertz CT molecular complexity index is 328. The Kier molecular flexibility index (Phi) is 3.97. The Hall–Kier alpha value is -1.31. The molecule has 1 fully saturated rings. The fourth-order valence-electron chi connectivity index (χ4n) is 2.22. The molecule has 0 heterocycles. The van der Waals surface area contributed by atoms with Gasteiger partial charge in [-0.05, 0) is 43.0 Å². The molecule has 1 aliphatic carbocycles. The van der Waals surface area contributed by atoms with Crippen molar-refractivity contribution in [3.05, 3.63) is 35.9 Å². The summed E-state index contributed by atoms with van der Waals surface area (Å²) >= 11 is 0. The van der Waals surface area contributed by atoms with Crippen molar-refractivity contribution in [1.29, 1.82) is 0 Å². The van der Waals surface area contributed by atoms with Crippen molar-refractivity contribution < 1.29 is 4.79 Å². The Balaban J connectivity index is 1.79. The summed E-state index contributed by atoms with van der Waals surface area (Å²) in [6.07, 6.45) is 6.50. The van der Waals surface area contributed by atoms with E-state index >= 15 is 0 Å². The first kappa shape index (κ1) is 11.2. The lowest BCUT2D eigenvalue weighted by Gasteiger charge is -2.21. The number of rotatable bonds is 3. The van der Waals surface area contributed by atoms with Crippen LogP contribution in [-0.4, -0.2) is 12.5 Å². The summed E-state index contributed by atoms with van der Waals surface area (Å²) < 4.78 is 0. The molecule has 0 atom stereocenters.